The van der Waals surface area contributed by atoms with E-state index >= 15 is 0 Å². The second-order valence-electron chi connectivity index (χ2n) is 9.38. The molecule has 0 bridgehead atoms. The van der Waals surface area contributed by atoms with Crippen molar-refractivity contribution in [3.8, 4) is 5.75 Å². The van der Waals surface area contributed by atoms with Gasteiger partial charge in [0.1, 0.15) is 12.4 Å². The predicted molar refractivity (Wildman–Crippen MR) is 140 cm³/mol. The maximum Gasteiger partial charge on any atom is 0.261 e. The van der Waals surface area contributed by atoms with Gasteiger partial charge in [-0.3, -0.25) is 19.7 Å². The third kappa shape index (κ3) is 5.86. The fourth-order valence-electron chi connectivity index (χ4n) is 4.90. The van der Waals surface area contributed by atoms with Crippen molar-refractivity contribution in [3.63, 3.8) is 0 Å². The number of rotatable bonds is 10. The summed E-state index contributed by atoms with van der Waals surface area (Å²) in [5, 5.41) is 14.6. The molecule has 36 heavy (non-hydrogen) atoms. The van der Waals surface area contributed by atoms with E-state index < -0.39 is 11.9 Å². The van der Waals surface area contributed by atoms with Crippen LogP contribution < -0.4 is 15.5 Å². The fourth-order valence-corrected chi connectivity index (χ4v) is 4.90. The Bertz CT molecular complexity index is 1220. The highest BCUT2D eigenvalue weighted by atomic mass is 16.5. The molecule has 1 aliphatic rings. The summed E-state index contributed by atoms with van der Waals surface area (Å²) in [5.74, 6) is -0.00338. The summed E-state index contributed by atoms with van der Waals surface area (Å²) in [6, 6.07) is 17.3. The lowest BCUT2D eigenvalue weighted by Gasteiger charge is -2.26. The first-order valence-corrected chi connectivity index (χ1v) is 12.7. The van der Waals surface area contributed by atoms with Crippen LogP contribution in [0.25, 0.3) is 10.8 Å². The Balaban J connectivity index is 1.63. The maximum absolute atomic E-state index is 12.9. The van der Waals surface area contributed by atoms with Crippen molar-refractivity contribution < 1.29 is 19.5 Å². The van der Waals surface area contributed by atoms with E-state index in [9.17, 15) is 14.8 Å². The third-order valence-electron chi connectivity index (χ3n) is 6.92. The topological polar surface area (TPSA) is 90.9 Å². The monoisotopic (exact) mass is 489 g/mol. The van der Waals surface area contributed by atoms with Gasteiger partial charge >= 0.3 is 0 Å². The summed E-state index contributed by atoms with van der Waals surface area (Å²) in [4.78, 5) is 27.6. The first-order valence-electron chi connectivity index (χ1n) is 12.7. The summed E-state index contributed by atoms with van der Waals surface area (Å²) in [6.07, 6.45) is 3.14. The average molecular weight is 490 g/mol. The molecule has 0 saturated carbocycles. The van der Waals surface area contributed by atoms with Crippen LogP contribution in [0.1, 0.15) is 53.2 Å². The number of benzene rings is 3. The van der Waals surface area contributed by atoms with Gasteiger partial charge in [0.2, 0.25) is 0 Å². The van der Waals surface area contributed by atoms with Crippen LogP contribution in [0, 0.1) is 6.92 Å². The smallest absolute Gasteiger partial charge is 0.261 e. The zero-order valence-electron chi connectivity index (χ0n) is 21.0. The van der Waals surface area contributed by atoms with Gasteiger partial charge < -0.3 is 10.1 Å². The van der Waals surface area contributed by atoms with E-state index in [1.54, 1.807) is 6.07 Å². The van der Waals surface area contributed by atoms with Crippen LogP contribution in [0.15, 0.2) is 54.6 Å². The van der Waals surface area contributed by atoms with Crippen molar-refractivity contribution in [2.45, 2.75) is 52.2 Å². The number of likely N-dealkylation sites (tertiary alicyclic amines) is 1. The number of hydrogen-bond donors (Lipinski definition) is 3. The Morgan fingerprint density at radius 2 is 1.86 bits per heavy atom. The summed E-state index contributed by atoms with van der Waals surface area (Å²) >= 11 is 0. The molecule has 3 aromatic rings. The molecule has 0 aromatic heterocycles. The molecule has 4 rings (SSSR count). The lowest BCUT2D eigenvalue weighted by Crippen LogP contribution is -2.46. The molecular formula is C29H35N3O4. The third-order valence-corrected chi connectivity index (χ3v) is 6.92. The van der Waals surface area contributed by atoms with Crippen LogP contribution in [0.3, 0.4) is 0 Å². The van der Waals surface area contributed by atoms with E-state index in [1.165, 1.54) is 0 Å². The molecule has 0 unspecified atom stereocenters. The number of hydroxylamine groups is 1. The fraction of sp³-hybridized carbons (Fsp3) is 0.379. The Morgan fingerprint density at radius 1 is 1.08 bits per heavy atom. The molecule has 1 heterocycles. The number of nitrogens with zero attached hydrogens (tertiary/aromatic N) is 1. The van der Waals surface area contributed by atoms with Gasteiger partial charge in [0.25, 0.3) is 11.8 Å². The molecule has 0 radical (unpaired) electrons. The SMILES string of the molecule is CCCNC(=O)c1ccc(OCc2c(C)ccc3ccccc23)cc1C[C@@H](C(=O)NO)N1CCCC1. The quantitative estimate of drug-likeness (QED) is 0.290. The Kier molecular flexibility index (Phi) is 8.57. The van der Waals surface area contributed by atoms with E-state index in [1.807, 2.05) is 36.7 Å². The van der Waals surface area contributed by atoms with Crippen molar-refractivity contribution >= 4 is 22.6 Å². The summed E-state index contributed by atoms with van der Waals surface area (Å²) in [5.41, 5.74) is 5.33. The second kappa shape index (κ2) is 12.0. The molecule has 3 N–H and O–H groups in total. The number of carbonyl (C=O) groups excluding carboxylic acids is 2. The molecule has 3 aromatic carbocycles. The van der Waals surface area contributed by atoms with Gasteiger partial charge in [-0.15, -0.1) is 0 Å². The van der Waals surface area contributed by atoms with E-state index in [4.69, 9.17) is 4.74 Å². The van der Waals surface area contributed by atoms with E-state index in [2.05, 4.69) is 41.4 Å². The average Bonchev–Trinajstić information content (AvgIpc) is 3.44. The van der Waals surface area contributed by atoms with Gasteiger partial charge in [0.15, 0.2) is 0 Å². The number of fused-ring (bicyclic) bond motifs is 1. The molecule has 2 amide bonds. The van der Waals surface area contributed by atoms with Crippen molar-refractivity contribution in [1.29, 1.82) is 0 Å². The molecule has 1 atom stereocenters. The van der Waals surface area contributed by atoms with Gasteiger partial charge in [0, 0.05) is 17.7 Å². The Labute approximate surface area is 212 Å². The molecule has 7 heteroatoms. The molecule has 1 aliphatic heterocycles. The molecule has 0 aliphatic carbocycles. The zero-order valence-corrected chi connectivity index (χ0v) is 21.0. The van der Waals surface area contributed by atoms with Crippen molar-refractivity contribution in [3.05, 3.63) is 76.9 Å². The summed E-state index contributed by atoms with van der Waals surface area (Å²) < 4.78 is 6.24. The second-order valence-corrected chi connectivity index (χ2v) is 9.38. The van der Waals surface area contributed by atoms with Gasteiger partial charge in [0.05, 0.1) is 6.04 Å². The van der Waals surface area contributed by atoms with Crippen molar-refractivity contribution in [1.82, 2.24) is 15.7 Å². The van der Waals surface area contributed by atoms with Crippen LogP contribution >= 0.6 is 0 Å². The highest BCUT2D eigenvalue weighted by molar-refractivity contribution is 5.96. The first kappa shape index (κ1) is 25.7. The van der Waals surface area contributed by atoms with E-state index in [0.29, 0.717) is 30.9 Å². The van der Waals surface area contributed by atoms with Gasteiger partial charge in [-0.05, 0) is 85.8 Å². The molecular weight excluding hydrogens is 454 g/mol. The molecule has 7 nitrogen and oxygen atoms in total. The largest absolute Gasteiger partial charge is 0.489 e. The van der Waals surface area contributed by atoms with Crippen LogP contribution in [0.4, 0.5) is 0 Å². The predicted octanol–water partition coefficient (Wildman–Crippen LogP) is 4.38. The van der Waals surface area contributed by atoms with Crippen LogP contribution in [0.5, 0.6) is 5.75 Å². The minimum absolute atomic E-state index is 0.173. The Hall–Kier alpha value is -3.42. The lowest BCUT2D eigenvalue weighted by atomic mass is 9.97. The Morgan fingerprint density at radius 3 is 2.61 bits per heavy atom. The lowest BCUT2D eigenvalue weighted by molar-refractivity contribution is -0.134. The van der Waals surface area contributed by atoms with Crippen LogP contribution in [0.2, 0.25) is 0 Å². The van der Waals surface area contributed by atoms with Crippen LogP contribution in [-0.2, 0) is 17.8 Å². The standard InChI is InChI=1S/C29H35N3O4/c1-3-14-30-28(33)25-13-12-23(17-22(25)18-27(29(34)31-35)32-15-6-7-16-32)36-19-26-20(2)10-11-21-8-4-5-9-24(21)26/h4-5,8-13,17,27,35H,3,6-7,14-16,18-19H2,1-2H3,(H,30,33)(H,31,34)/t27-/m0/s1. The van der Waals surface area contributed by atoms with Gasteiger partial charge in [-0.2, -0.15) is 0 Å². The van der Waals surface area contributed by atoms with Gasteiger partial charge in [-0.25, -0.2) is 5.48 Å². The zero-order chi connectivity index (χ0) is 25.5. The molecule has 0 spiro atoms. The summed E-state index contributed by atoms with van der Waals surface area (Å²) in [7, 11) is 0. The van der Waals surface area contributed by atoms with E-state index in [0.717, 1.165) is 59.8 Å². The van der Waals surface area contributed by atoms with Crippen LogP contribution in [-0.4, -0.2) is 47.6 Å². The molecule has 1 saturated heterocycles. The molecule has 190 valence electrons. The number of amides is 2. The number of aryl methyl sites for hydroxylation is 1. The first-order chi connectivity index (χ1) is 17.5. The molecule has 1 fully saturated rings. The number of ether oxygens (including phenoxy) is 1. The minimum atomic E-state index is -0.564. The minimum Gasteiger partial charge on any atom is -0.489 e. The highest BCUT2D eigenvalue weighted by Crippen LogP contribution is 2.26. The van der Waals surface area contributed by atoms with Crippen molar-refractivity contribution in [2.24, 2.45) is 0 Å². The van der Waals surface area contributed by atoms with Gasteiger partial charge in [-0.1, -0.05) is 43.3 Å². The van der Waals surface area contributed by atoms with Crippen molar-refractivity contribution in [2.75, 3.05) is 19.6 Å². The highest BCUT2D eigenvalue weighted by Gasteiger charge is 2.29. The normalized spacial score (nSPS) is 14.5. The number of nitrogens with one attached hydrogen (secondary N) is 2. The number of carbonyl (C=O) groups is 2. The summed E-state index contributed by atoms with van der Waals surface area (Å²) in [6.45, 7) is 6.61. The maximum atomic E-state index is 12.9. The number of hydrogen-bond acceptors (Lipinski definition) is 5. The van der Waals surface area contributed by atoms with E-state index in [-0.39, 0.29) is 5.91 Å².